The number of aliphatic hydroxyl groups is 4. The molecule has 4 N–H and O–H groups in total. The number of ketones is 1. The Bertz CT molecular complexity index is 536. The van der Waals surface area contributed by atoms with Gasteiger partial charge in [0.2, 0.25) is 0 Å². The maximum absolute atomic E-state index is 12.8. The van der Waals surface area contributed by atoms with Crippen molar-refractivity contribution in [3.8, 4) is 0 Å². The summed E-state index contributed by atoms with van der Waals surface area (Å²) in [6.45, 7) is 6.61. The maximum atomic E-state index is 12.8. The normalized spacial score (nSPS) is 41.0. The highest BCUT2D eigenvalue weighted by Crippen LogP contribution is 2.47. The van der Waals surface area contributed by atoms with Crippen molar-refractivity contribution in [2.75, 3.05) is 13.2 Å². The molecule has 0 aliphatic carbocycles. The Hall–Kier alpha value is -0.830. The van der Waals surface area contributed by atoms with E-state index in [0.29, 0.717) is 6.42 Å². The van der Waals surface area contributed by atoms with Gasteiger partial charge < -0.3 is 29.9 Å². The second-order valence-electron chi connectivity index (χ2n) is 7.73. The third kappa shape index (κ3) is 4.03. The van der Waals surface area contributed by atoms with E-state index in [1.165, 1.54) is 0 Å². The Balaban J connectivity index is 2.07. The number of allylic oxidation sites excluding steroid dienone is 1. The Morgan fingerprint density at radius 2 is 2.08 bits per heavy atom. The molecule has 0 amide bonds. The van der Waals surface area contributed by atoms with E-state index < -0.39 is 47.8 Å². The summed E-state index contributed by atoms with van der Waals surface area (Å²) in [6, 6.07) is 0. The molecule has 0 aromatic heterocycles. The Morgan fingerprint density at radius 1 is 1.42 bits per heavy atom. The lowest BCUT2D eigenvalue weighted by atomic mass is 9.78. The van der Waals surface area contributed by atoms with Crippen LogP contribution >= 0.6 is 0 Å². The van der Waals surface area contributed by atoms with Crippen LogP contribution in [-0.4, -0.2) is 69.1 Å². The number of hydrogen-bond donors (Lipinski definition) is 4. The molecule has 26 heavy (non-hydrogen) atoms. The van der Waals surface area contributed by atoms with Crippen LogP contribution in [0.2, 0.25) is 0 Å². The smallest absolute Gasteiger partial charge is 0.167 e. The van der Waals surface area contributed by atoms with Crippen LogP contribution in [0.25, 0.3) is 0 Å². The summed E-state index contributed by atoms with van der Waals surface area (Å²) >= 11 is 0. The van der Waals surface area contributed by atoms with Crippen molar-refractivity contribution in [2.24, 2.45) is 17.8 Å². The summed E-state index contributed by atoms with van der Waals surface area (Å²) in [7, 11) is 0. The first-order valence-corrected chi connectivity index (χ1v) is 9.31. The third-order valence-electron chi connectivity index (χ3n) is 5.83. The molecule has 150 valence electrons. The number of hydrogen-bond acceptors (Lipinski definition) is 7. The number of aliphatic hydroxyl groups excluding tert-OH is 3. The molecule has 0 radical (unpaired) electrons. The van der Waals surface area contributed by atoms with E-state index in [2.05, 4.69) is 0 Å². The van der Waals surface area contributed by atoms with Gasteiger partial charge in [-0.15, -0.1) is 0 Å². The average molecular weight is 372 g/mol. The number of ether oxygens (including phenoxy) is 2. The van der Waals surface area contributed by atoms with Crippen molar-refractivity contribution in [1.29, 1.82) is 0 Å². The van der Waals surface area contributed by atoms with Gasteiger partial charge in [-0.25, -0.2) is 0 Å². The zero-order valence-electron chi connectivity index (χ0n) is 16.0. The first-order valence-electron chi connectivity index (χ1n) is 9.31. The molecular formula is C19H32O7. The maximum Gasteiger partial charge on any atom is 0.167 e. The molecule has 0 aromatic rings. The molecule has 1 unspecified atom stereocenters. The standard InChI is InChI=1S/C19H32O7/c1-5-7-11(3)17-18(4,26-17)16(23)12(9-20)15(22)13-10-25-19(24,6-2)8-14(13)21/h5,7,11-14,16-17,20-21,23-24H,6,8-10H2,1-4H3/b7-5-/t11-,12-,13+,14?,16-,17+,18-,19+/m0/s1. The fourth-order valence-corrected chi connectivity index (χ4v) is 3.93. The van der Waals surface area contributed by atoms with Crippen molar-refractivity contribution in [3.05, 3.63) is 12.2 Å². The molecule has 0 saturated carbocycles. The topological polar surface area (TPSA) is 120 Å². The van der Waals surface area contributed by atoms with Gasteiger partial charge in [-0.3, -0.25) is 4.79 Å². The van der Waals surface area contributed by atoms with Gasteiger partial charge in [-0.2, -0.15) is 0 Å². The van der Waals surface area contributed by atoms with Crippen LogP contribution in [0.15, 0.2) is 12.2 Å². The average Bonchev–Trinajstić information content (AvgIpc) is 3.29. The molecule has 2 aliphatic heterocycles. The number of rotatable bonds is 8. The van der Waals surface area contributed by atoms with Crippen molar-refractivity contribution in [1.82, 2.24) is 0 Å². The zero-order valence-corrected chi connectivity index (χ0v) is 16.0. The SMILES string of the molecule is C/C=C\[C@H](C)[C@H]1O[C@@]1(C)[C@@H](O)[C@@H](CO)C(=O)[C@@H]1CO[C@](O)(CC)CC1O. The number of carbonyl (C=O) groups excluding carboxylic acids is 1. The van der Waals surface area contributed by atoms with Crippen LogP contribution < -0.4 is 0 Å². The van der Waals surface area contributed by atoms with E-state index in [9.17, 15) is 25.2 Å². The van der Waals surface area contributed by atoms with Crippen LogP contribution in [-0.2, 0) is 14.3 Å². The van der Waals surface area contributed by atoms with Gasteiger partial charge in [0.05, 0.1) is 43.4 Å². The van der Waals surface area contributed by atoms with Gasteiger partial charge in [0.15, 0.2) is 5.79 Å². The van der Waals surface area contributed by atoms with Crippen LogP contribution in [0, 0.1) is 17.8 Å². The Labute approximate surface area is 154 Å². The van der Waals surface area contributed by atoms with Gasteiger partial charge in [-0.05, 0) is 20.3 Å². The summed E-state index contributed by atoms with van der Waals surface area (Å²) in [5, 5.41) is 40.9. The largest absolute Gasteiger partial charge is 0.396 e. The molecule has 2 heterocycles. The highest BCUT2D eigenvalue weighted by Gasteiger charge is 2.62. The number of carbonyl (C=O) groups is 1. The fraction of sp³-hybridized carbons (Fsp3) is 0.842. The molecule has 2 rings (SSSR count). The molecule has 0 bridgehead atoms. The minimum atomic E-state index is -1.44. The van der Waals surface area contributed by atoms with E-state index in [-0.39, 0.29) is 25.0 Å². The van der Waals surface area contributed by atoms with Gasteiger partial charge in [0.1, 0.15) is 11.4 Å². The van der Waals surface area contributed by atoms with E-state index in [1.54, 1.807) is 13.8 Å². The lowest BCUT2D eigenvalue weighted by molar-refractivity contribution is -0.258. The number of Topliss-reactive ketones (excluding diaryl/α,β-unsaturated/α-hetero) is 1. The first kappa shape index (κ1) is 21.5. The van der Waals surface area contributed by atoms with Gasteiger partial charge >= 0.3 is 0 Å². The first-order chi connectivity index (χ1) is 12.1. The van der Waals surface area contributed by atoms with E-state index >= 15 is 0 Å². The highest BCUT2D eigenvalue weighted by molar-refractivity contribution is 5.85. The van der Waals surface area contributed by atoms with Gasteiger partial charge in [0, 0.05) is 12.3 Å². The number of epoxide rings is 1. The van der Waals surface area contributed by atoms with Gasteiger partial charge in [-0.1, -0.05) is 26.0 Å². The molecule has 7 nitrogen and oxygen atoms in total. The molecule has 0 spiro atoms. The highest BCUT2D eigenvalue weighted by atomic mass is 16.6. The third-order valence-corrected chi connectivity index (χ3v) is 5.83. The lowest BCUT2D eigenvalue weighted by Crippen LogP contribution is -2.53. The molecule has 7 heteroatoms. The predicted molar refractivity (Wildman–Crippen MR) is 94.2 cm³/mol. The minimum absolute atomic E-state index is 0.0669. The van der Waals surface area contributed by atoms with Crippen molar-refractivity contribution < 1.29 is 34.7 Å². The van der Waals surface area contributed by atoms with Gasteiger partial charge in [0.25, 0.3) is 0 Å². The second-order valence-corrected chi connectivity index (χ2v) is 7.73. The minimum Gasteiger partial charge on any atom is -0.396 e. The summed E-state index contributed by atoms with van der Waals surface area (Å²) in [6.07, 6.45) is 1.55. The monoisotopic (exact) mass is 372 g/mol. The van der Waals surface area contributed by atoms with E-state index in [0.717, 1.165) is 0 Å². The molecule has 2 saturated heterocycles. The van der Waals surface area contributed by atoms with Crippen molar-refractivity contribution in [3.63, 3.8) is 0 Å². The summed E-state index contributed by atoms with van der Waals surface area (Å²) in [5.74, 6) is -3.83. The van der Waals surface area contributed by atoms with Crippen molar-refractivity contribution >= 4 is 5.78 Å². The zero-order chi connectivity index (χ0) is 19.7. The predicted octanol–water partition coefficient (Wildman–Crippen LogP) is 0.391. The fourth-order valence-electron chi connectivity index (χ4n) is 3.93. The quantitative estimate of drug-likeness (QED) is 0.359. The Morgan fingerprint density at radius 3 is 2.58 bits per heavy atom. The summed E-state index contributed by atoms with van der Waals surface area (Å²) < 4.78 is 11.0. The molecule has 2 fully saturated rings. The molecule has 2 aliphatic rings. The van der Waals surface area contributed by atoms with E-state index in [4.69, 9.17) is 9.47 Å². The summed E-state index contributed by atoms with van der Waals surface area (Å²) in [5.41, 5.74) is -0.924. The van der Waals surface area contributed by atoms with Crippen LogP contribution in [0.4, 0.5) is 0 Å². The molecule has 0 aromatic carbocycles. The van der Waals surface area contributed by atoms with Crippen LogP contribution in [0.5, 0.6) is 0 Å². The van der Waals surface area contributed by atoms with Crippen molar-refractivity contribution in [2.45, 2.75) is 70.2 Å². The van der Waals surface area contributed by atoms with Crippen LogP contribution in [0.3, 0.4) is 0 Å². The van der Waals surface area contributed by atoms with E-state index in [1.807, 2.05) is 26.0 Å². The summed E-state index contributed by atoms with van der Waals surface area (Å²) in [4.78, 5) is 12.8. The second kappa shape index (κ2) is 8.04. The molecular weight excluding hydrogens is 340 g/mol. The Kier molecular flexibility index (Phi) is 6.64. The lowest BCUT2D eigenvalue weighted by Gasteiger charge is -2.39. The molecule has 8 atom stereocenters. The van der Waals surface area contributed by atoms with Crippen LogP contribution in [0.1, 0.15) is 40.5 Å².